The minimum Gasteiger partial charge on any atom is -0.427 e. The van der Waals surface area contributed by atoms with Crippen LogP contribution in [0.5, 0.6) is 5.75 Å². The fraction of sp³-hybridized carbons (Fsp3) is 0.0909. The molecule has 0 atom stereocenters. The maximum atomic E-state index is 10.8. The Balaban J connectivity index is 2.33. The minimum atomic E-state index is -0.331. The molecule has 1 aromatic rings. The van der Waals surface area contributed by atoms with Crippen LogP contribution in [0.3, 0.4) is 0 Å². The van der Waals surface area contributed by atoms with Gasteiger partial charge in [0.1, 0.15) is 5.75 Å². The van der Waals surface area contributed by atoms with Crippen molar-refractivity contribution in [2.24, 2.45) is 4.99 Å². The first kappa shape index (κ1) is 9.45. The van der Waals surface area contributed by atoms with Crippen molar-refractivity contribution in [3.8, 4) is 5.75 Å². The summed E-state index contributed by atoms with van der Waals surface area (Å²) in [7, 11) is 0. The molecular weight excluding hydrogens is 192 g/mol. The number of rotatable bonds is 1. The van der Waals surface area contributed by atoms with Crippen molar-refractivity contribution in [1.29, 1.82) is 0 Å². The second-order valence-corrected chi connectivity index (χ2v) is 3.05. The maximum Gasteiger partial charge on any atom is 0.308 e. The fourth-order valence-electron chi connectivity index (χ4n) is 1.28. The van der Waals surface area contributed by atoms with Gasteiger partial charge in [0.25, 0.3) is 0 Å². The van der Waals surface area contributed by atoms with E-state index in [1.54, 1.807) is 36.7 Å². The van der Waals surface area contributed by atoms with Crippen molar-refractivity contribution in [3.05, 3.63) is 30.5 Å². The number of nitrogens with one attached hydrogen (secondary N) is 1. The Bertz CT molecular complexity index is 450. The summed E-state index contributed by atoms with van der Waals surface area (Å²) in [6.45, 7) is 1.37. The van der Waals surface area contributed by atoms with Crippen LogP contribution >= 0.6 is 0 Å². The largest absolute Gasteiger partial charge is 0.427 e. The van der Waals surface area contributed by atoms with Crippen LogP contribution in [0.1, 0.15) is 6.92 Å². The van der Waals surface area contributed by atoms with E-state index in [4.69, 9.17) is 4.74 Å². The second-order valence-electron chi connectivity index (χ2n) is 3.05. The molecule has 1 aliphatic rings. The molecule has 4 heteroatoms. The van der Waals surface area contributed by atoms with Gasteiger partial charge in [-0.3, -0.25) is 9.79 Å². The van der Waals surface area contributed by atoms with Gasteiger partial charge in [-0.15, -0.1) is 0 Å². The average Bonchev–Trinajstić information content (AvgIpc) is 2.41. The predicted molar refractivity (Wildman–Crippen MR) is 58.7 cm³/mol. The summed E-state index contributed by atoms with van der Waals surface area (Å²) >= 11 is 0. The summed E-state index contributed by atoms with van der Waals surface area (Å²) in [4.78, 5) is 15.0. The predicted octanol–water partition coefficient (Wildman–Crippen LogP) is 2.25. The topological polar surface area (TPSA) is 50.7 Å². The lowest BCUT2D eigenvalue weighted by Gasteiger charge is -2.06. The van der Waals surface area contributed by atoms with Crippen LogP contribution < -0.4 is 10.1 Å². The molecule has 1 heterocycles. The van der Waals surface area contributed by atoms with Gasteiger partial charge in [0.2, 0.25) is 0 Å². The van der Waals surface area contributed by atoms with Crippen LogP contribution in [0.2, 0.25) is 0 Å². The van der Waals surface area contributed by atoms with E-state index in [-0.39, 0.29) is 5.97 Å². The maximum absolute atomic E-state index is 10.8. The number of nitrogens with zero attached hydrogens (tertiary/aromatic N) is 1. The molecule has 0 spiro atoms. The van der Waals surface area contributed by atoms with E-state index < -0.39 is 0 Å². The molecule has 0 radical (unpaired) electrons. The smallest absolute Gasteiger partial charge is 0.308 e. The Labute approximate surface area is 87.3 Å². The molecule has 15 heavy (non-hydrogen) atoms. The lowest BCUT2D eigenvalue weighted by Crippen LogP contribution is -2.01. The van der Waals surface area contributed by atoms with Crippen molar-refractivity contribution in [1.82, 2.24) is 0 Å². The van der Waals surface area contributed by atoms with Crippen molar-refractivity contribution in [2.45, 2.75) is 6.92 Å². The Morgan fingerprint density at radius 1 is 1.47 bits per heavy atom. The first-order valence-corrected chi connectivity index (χ1v) is 4.54. The quantitative estimate of drug-likeness (QED) is 0.561. The van der Waals surface area contributed by atoms with Gasteiger partial charge >= 0.3 is 5.97 Å². The minimum absolute atomic E-state index is 0.331. The molecule has 1 aromatic carbocycles. The number of esters is 1. The Kier molecular flexibility index (Phi) is 2.49. The number of carbonyl (C=O) groups is 1. The third kappa shape index (κ3) is 2.22. The summed E-state index contributed by atoms with van der Waals surface area (Å²) < 4.78 is 4.97. The fourth-order valence-corrected chi connectivity index (χ4v) is 1.28. The normalized spacial score (nSPS) is 12.6. The molecule has 2 rings (SSSR count). The van der Waals surface area contributed by atoms with E-state index in [0.717, 1.165) is 11.4 Å². The van der Waals surface area contributed by atoms with Gasteiger partial charge < -0.3 is 10.1 Å². The monoisotopic (exact) mass is 202 g/mol. The highest BCUT2D eigenvalue weighted by atomic mass is 16.5. The first-order valence-electron chi connectivity index (χ1n) is 4.54. The third-order valence-electron chi connectivity index (χ3n) is 1.86. The van der Waals surface area contributed by atoms with Crippen molar-refractivity contribution >= 4 is 23.6 Å². The summed E-state index contributed by atoms with van der Waals surface area (Å²) in [6.07, 6.45) is 5.27. The third-order valence-corrected chi connectivity index (χ3v) is 1.86. The van der Waals surface area contributed by atoms with Gasteiger partial charge in [-0.1, -0.05) is 0 Å². The van der Waals surface area contributed by atoms with E-state index in [1.807, 2.05) is 0 Å². The number of aliphatic imine (C=N–C) groups is 1. The highest BCUT2D eigenvalue weighted by Gasteiger charge is 2.05. The Morgan fingerprint density at radius 2 is 2.33 bits per heavy atom. The van der Waals surface area contributed by atoms with Crippen molar-refractivity contribution in [3.63, 3.8) is 0 Å². The summed E-state index contributed by atoms with van der Waals surface area (Å²) in [5.74, 6) is 0.182. The summed E-state index contributed by atoms with van der Waals surface area (Å²) in [6, 6.07) is 5.25. The Hall–Kier alpha value is -2.10. The molecule has 0 aliphatic carbocycles. The molecule has 1 aliphatic heterocycles. The van der Waals surface area contributed by atoms with E-state index in [1.165, 1.54) is 6.92 Å². The average molecular weight is 202 g/mol. The van der Waals surface area contributed by atoms with Crippen LogP contribution in [-0.2, 0) is 4.79 Å². The number of fused-ring (bicyclic) bond motifs is 1. The number of hydrogen-bond acceptors (Lipinski definition) is 4. The zero-order valence-electron chi connectivity index (χ0n) is 8.23. The van der Waals surface area contributed by atoms with Crippen LogP contribution in [0.25, 0.3) is 0 Å². The molecule has 0 aromatic heterocycles. The van der Waals surface area contributed by atoms with Crippen molar-refractivity contribution < 1.29 is 9.53 Å². The molecule has 0 fully saturated rings. The number of benzene rings is 1. The molecule has 0 unspecified atom stereocenters. The number of ether oxygens (including phenoxy) is 1. The van der Waals surface area contributed by atoms with E-state index >= 15 is 0 Å². The molecular formula is C11H10N2O2. The van der Waals surface area contributed by atoms with Crippen LogP contribution in [0.15, 0.2) is 35.5 Å². The molecule has 0 saturated carbocycles. The van der Waals surface area contributed by atoms with Crippen LogP contribution in [0.4, 0.5) is 11.4 Å². The van der Waals surface area contributed by atoms with Gasteiger partial charge in [0.05, 0.1) is 11.4 Å². The van der Waals surface area contributed by atoms with Gasteiger partial charge in [-0.25, -0.2) is 0 Å². The van der Waals surface area contributed by atoms with Gasteiger partial charge in [-0.2, -0.15) is 0 Å². The molecule has 1 N–H and O–H groups in total. The van der Waals surface area contributed by atoms with Gasteiger partial charge in [-0.05, 0) is 18.2 Å². The highest BCUT2D eigenvalue weighted by molar-refractivity contribution is 5.82. The summed E-state index contributed by atoms with van der Waals surface area (Å²) in [5, 5.41) is 3.04. The van der Waals surface area contributed by atoms with Crippen molar-refractivity contribution in [2.75, 3.05) is 5.32 Å². The zero-order valence-corrected chi connectivity index (χ0v) is 8.23. The summed E-state index contributed by atoms with van der Waals surface area (Å²) in [5.41, 5.74) is 1.63. The van der Waals surface area contributed by atoms with E-state index in [9.17, 15) is 4.79 Å². The number of anilines is 1. The molecule has 0 amide bonds. The van der Waals surface area contributed by atoms with Crippen LogP contribution in [0, 0.1) is 0 Å². The number of carbonyl (C=O) groups excluding carboxylic acids is 1. The SMILES string of the molecule is CC(=O)Oc1ccc2c(c1)NC=CC=N2. The molecule has 4 nitrogen and oxygen atoms in total. The first-order chi connectivity index (χ1) is 7.25. The zero-order chi connectivity index (χ0) is 10.7. The van der Waals surface area contributed by atoms with Crippen LogP contribution in [-0.4, -0.2) is 12.2 Å². The molecule has 0 bridgehead atoms. The van der Waals surface area contributed by atoms with Gasteiger partial charge in [0, 0.05) is 25.4 Å². The second kappa shape index (κ2) is 3.96. The van der Waals surface area contributed by atoms with Gasteiger partial charge in [0.15, 0.2) is 0 Å². The number of hydrogen-bond donors (Lipinski definition) is 1. The van der Waals surface area contributed by atoms with E-state index in [2.05, 4.69) is 10.3 Å². The standard InChI is InChI=1S/C11H10N2O2/c1-8(14)15-9-3-4-10-11(7-9)13-6-2-5-12-10/h2-7,13H,1H3. The van der Waals surface area contributed by atoms with E-state index in [0.29, 0.717) is 5.75 Å². The molecule has 0 saturated heterocycles. The number of allylic oxidation sites excluding steroid dienone is 1. The molecule has 76 valence electrons. The lowest BCUT2D eigenvalue weighted by atomic mass is 10.2. The highest BCUT2D eigenvalue weighted by Crippen LogP contribution is 2.30. The lowest BCUT2D eigenvalue weighted by molar-refractivity contribution is -0.131. The Morgan fingerprint density at radius 3 is 3.13 bits per heavy atom.